The lowest BCUT2D eigenvalue weighted by Crippen LogP contribution is -2.55. The molecule has 1 amide bonds. The van der Waals surface area contributed by atoms with Gasteiger partial charge in [-0.1, -0.05) is 25.4 Å². The summed E-state index contributed by atoms with van der Waals surface area (Å²) < 4.78 is 0. The van der Waals surface area contributed by atoms with Gasteiger partial charge in [-0.3, -0.25) is 4.79 Å². The molecular weight excluding hydrogens is 292 g/mol. The van der Waals surface area contributed by atoms with E-state index >= 15 is 0 Å². The summed E-state index contributed by atoms with van der Waals surface area (Å²) in [7, 11) is 0. The van der Waals surface area contributed by atoms with Crippen molar-refractivity contribution in [2.45, 2.75) is 37.6 Å². The zero-order chi connectivity index (χ0) is 15.2. The first-order valence-electron chi connectivity index (χ1n) is 6.77. The van der Waals surface area contributed by atoms with E-state index < -0.39 is 0 Å². The summed E-state index contributed by atoms with van der Waals surface area (Å²) in [5.41, 5.74) is 5.43. The third kappa shape index (κ3) is 5.35. The summed E-state index contributed by atoms with van der Waals surface area (Å²) in [6.45, 7) is 6.56. The van der Waals surface area contributed by atoms with E-state index in [9.17, 15) is 4.79 Å². The number of amides is 1. The number of carbonyl (C=O) groups excluding carboxylic acids is 1. The fourth-order valence-electron chi connectivity index (χ4n) is 1.60. The SMILES string of the molecule is CC(C)C(C)(CN)NC(=O)CCSc1ccc(Cl)cc1. The van der Waals surface area contributed by atoms with Crippen LogP contribution in [0.5, 0.6) is 0 Å². The quantitative estimate of drug-likeness (QED) is 0.759. The van der Waals surface area contributed by atoms with Crippen LogP contribution in [0.15, 0.2) is 29.2 Å². The Morgan fingerprint density at radius 1 is 1.40 bits per heavy atom. The Hall–Kier alpha value is -0.710. The molecule has 0 aliphatic rings. The molecule has 3 nitrogen and oxygen atoms in total. The topological polar surface area (TPSA) is 55.1 Å². The highest BCUT2D eigenvalue weighted by Crippen LogP contribution is 2.21. The van der Waals surface area contributed by atoms with Crippen molar-refractivity contribution in [1.82, 2.24) is 5.32 Å². The number of benzene rings is 1. The van der Waals surface area contributed by atoms with Gasteiger partial charge in [0.05, 0.1) is 5.54 Å². The molecule has 0 saturated carbocycles. The van der Waals surface area contributed by atoms with Gasteiger partial charge in [-0.25, -0.2) is 0 Å². The Morgan fingerprint density at radius 2 is 2.00 bits per heavy atom. The lowest BCUT2D eigenvalue weighted by atomic mass is 9.88. The minimum absolute atomic E-state index is 0.0492. The van der Waals surface area contributed by atoms with Gasteiger partial charge in [0, 0.05) is 28.6 Å². The van der Waals surface area contributed by atoms with Crippen LogP contribution >= 0.6 is 23.4 Å². The van der Waals surface area contributed by atoms with Crippen LogP contribution in [0.3, 0.4) is 0 Å². The Morgan fingerprint density at radius 3 is 2.50 bits per heavy atom. The molecule has 0 aliphatic heterocycles. The smallest absolute Gasteiger partial charge is 0.221 e. The molecule has 0 radical (unpaired) electrons. The first-order chi connectivity index (χ1) is 9.37. The van der Waals surface area contributed by atoms with Gasteiger partial charge in [-0.2, -0.15) is 0 Å². The number of rotatable bonds is 7. The van der Waals surface area contributed by atoms with Gasteiger partial charge >= 0.3 is 0 Å². The van der Waals surface area contributed by atoms with Crippen LogP contribution in [0.4, 0.5) is 0 Å². The zero-order valence-corrected chi connectivity index (χ0v) is 13.9. The molecule has 1 atom stereocenters. The molecule has 1 unspecified atom stereocenters. The maximum atomic E-state index is 12.0. The van der Waals surface area contributed by atoms with Crippen molar-refractivity contribution in [1.29, 1.82) is 0 Å². The minimum atomic E-state index is -0.331. The monoisotopic (exact) mass is 314 g/mol. The van der Waals surface area contributed by atoms with Gasteiger partial charge < -0.3 is 11.1 Å². The predicted octanol–water partition coefficient (Wildman–Crippen LogP) is 3.31. The molecule has 0 aromatic heterocycles. The third-order valence-corrected chi connectivity index (χ3v) is 4.80. The van der Waals surface area contributed by atoms with Gasteiger partial charge in [0.1, 0.15) is 0 Å². The first-order valence-corrected chi connectivity index (χ1v) is 8.13. The summed E-state index contributed by atoms with van der Waals surface area (Å²) in [6.07, 6.45) is 0.482. The molecule has 1 rings (SSSR count). The van der Waals surface area contributed by atoms with Gasteiger partial charge in [0.25, 0.3) is 0 Å². The molecule has 0 heterocycles. The number of halogens is 1. The molecule has 20 heavy (non-hydrogen) atoms. The fraction of sp³-hybridized carbons (Fsp3) is 0.533. The van der Waals surface area contributed by atoms with Crippen molar-refractivity contribution in [3.05, 3.63) is 29.3 Å². The summed E-state index contributed by atoms with van der Waals surface area (Å²) in [4.78, 5) is 13.1. The first kappa shape index (κ1) is 17.3. The zero-order valence-electron chi connectivity index (χ0n) is 12.3. The molecule has 0 spiro atoms. The highest BCUT2D eigenvalue weighted by molar-refractivity contribution is 7.99. The number of nitrogens with two attached hydrogens (primary N) is 1. The normalized spacial score (nSPS) is 14.1. The van der Waals surface area contributed by atoms with Crippen LogP contribution in [0, 0.1) is 5.92 Å². The Labute approximate surface area is 130 Å². The van der Waals surface area contributed by atoms with Crippen molar-refractivity contribution in [2.24, 2.45) is 11.7 Å². The molecule has 0 aliphatic carbocycles. The Bertz CT molecular complexity index is 436. The van der Waals surface area contributed by atoms with Gasteiger partial charge in [-0.15, -0.1) is 11.8 Å². The second-order valence-electron chi connectivity index (χ2n) is 5.38. The molecule has 1 aromatic carbocycles. The van der Waals surface area contributed by atoms with E-state index in [0.717, 1.165) is 15.7 Å². The third-order valence-electron chi connectivity index (χ3n) is 3.53. The van der Waals surface area contributed by atoms with Crippen LogP contribution in [0.25, 0.3) is 0 Å². The van der Waals surface area contributed by atoms with Gasteiger partial charge in [0.15, 0.2) is 0 Å². The summed E-state index contributed by atoms with van der Waals surface area (Å²) in [6, 6.07) is 7.63. The molecule has 5 heteroatoms. The average molecular weight is 315 g/mol. The minimum Gasteiger partial charge on any atom is -0.349 e. The standard InChI is InChI=1S/C15H23ClN2OS/c1-11(2)15(3,10-17)18-14(19)8-9-20-13-6-4-12(16)5-7-13/h4-7,11H,8-10,17H2,1-3H3,(H,18,19). The largest absolute Gasteiger partial charge is 0.349 e. The predicted molar refractivity (Wildman–Crippen MR) is 87.2 cm³/mol. The molecular formula is C15H23ClN2OS. The lowest BCUT2D eigenvalue weighted by molar-refractivity contribution is -0.122. The maximum absolute atomic E-state index is 12.0. The van der Waals surface area contributed by atoms with Crippen molar-refractivity contribution < 1.29 is 4.79 Å². The van der Waals surface area contributed by atoms with Gasteiger partial charge in [0.2, 0.25) is 5.91 Å². The Kier molecular flexibility index (Phi) is 6.86. The molecule has 0 saturated heterocycles. The van der Waals surface area contributed by atoms with Crippen molar-refractivity contribution in [3.63, 3.8) is 0 Å². The van der Waals surface area contributed by atoms with Gasteiger partial charge in [-0.05, 0) is 37.1 Å². The molecule has 3 N–H and O–H groups in total. The van der Waals surface area contributed by atoms with Crippen LogP contribution in [0.1, 0.15) is 27.2 Å². The van der Waals surface area contributed by atoms with E-state index in [-0.39, 0.29) is 11.4 Å². The van der Waals surface area contributed by atoms with E-state index in [1.807, 2.05) is 31.2 Å². The van der Waals surface area contributed by atoms with Crippen molar-refractivity contribution >= 4 is 29.3 Å². The number of hydrogen-bond donors (Lipinski definition) is 2. The van der Waals surface area contributed by atoms with E-state index in [1.165, 1.54) is 0 Å². The van der Waals surface area contributed by atoms with Crippen molar-refractivity contribution in [3.8, 4) is 0 Å². The molecule has 0 fully saturated rings. The highest BCUT2D eigenvalue weighted by atomic mass is 35.5. The van der Waals surface area contributed by atoms with E-state index in [4.69, 9.17) is 17.3 Å². The molecule has 112 valence electrons. The van der Waals surface area contributed by atoms with E-state index in [1.54, 1.807) is 11.8 Å². The number of thioether (sulfide) groups is 1. The Balaban J connectivity index is 2.38. The summed E-state index contributed by atoms with van der Waals surface area (Å²) in [5.74, 6) is 1.10. The van der Waals surface area contributed by atoms with Crippen LogP contribution in [-0.2, 0) is 4.79 Å². The lowest BCUT2D eigenvalue weighted by Gasteiger charge is -2.33. The van der Waals surface area contributed by atoms with Crippen LogP contribution in [-0.4, -0.2) is 23.7 Å². The van der Waals surface area contributed by atoms with Crippen LogP contribution in [0.2, 0.25) is 5.02 Å². The van der Waals surface area contributed by atoms with E-state index in [2.05, 4.69) is 19.2 Å². The maximum Gasteiger partial charge on any atom is 0.221 e. The second-order valence-corrected chi connectivity index (χ2v) is 6.98. The summed E-state index contributed by atoms with van der Waals surface area (Å²) >= 11 is 7.48. The fourth-order valence-corrected chi connectivity index (χ4v) is 2.58. The highest BCUT2D eigenvalue weighted by Gasteiger charge is 2.28. The van der Waals surface area contributed by atoms with Crippen molar-refractivity contribution in [2.75, 3.05) is 12.3 Å². The summed E-state index contributed by atoms with van der Waals surface area (Å²) in [5, 5.41) is 3.76. The van der Waals surface area contributed by atoms with E-state index in [0.29, 0.717) is 18.9 Å². The average Bonchev–Trinajstić information content (AvgIpc) is 2.40. The number of nitrogens with one attached hydrogen (secondary N) is 1. The second kappa shape index (κ2) is 7.91. The molecule has 0 bridgehead atoms. The molecule has 1 aromatic rings. The number of hydrogen-bond acceptors (Lipinski definition) is 3. The van der Waals surface area contributed by atoms with Crippen LogP contribution < -0.4 is 11.1 Å². The number of carbonyl (C=O) groups is 1.